The van der Waals surface area contributed by atoms with Gasteiger partial charge in [-0.3, -0.25) is 9.36 Å². The van der Waals surface area contributed by atoms with Gasteiger partial charge in [0.05, 0.1) is 12.7 Å². The number of rotatable bonds is 4. The summed E-state index contributed by atoms with van der Waals surface area (Å²) in [5.41, 5.74) is 0.816. The van der Waals surface area contributed by atoms with E-state index >= 15 is 0 Å². The molecule has 0 radical (unpaired) electrons. The van der Waals surface area contributed by atoms with Gasteiger partial charge in [-0.05, 0) is 12.8 Å². The predicted octanol–water partition coefficient (Wildman–Crippen LogP) is 1.70. The first kappa shape index (κ1) is 11.5. The first-order chi connectivity index (χ1) is 7.77. The zero-order valence-electron chi connectivity index (χ0n) is 9.65. The van der Waals surface area contributed by atoms with E-state index < -0.39 is 0 Å². The normalized spacial score (nSPS) is 13.9. The van der Waals surface area contributed by atoms with E-state index in [1.54, 1.807) is 23.4 Å². The Morgan fingerprint density at radius 1 is 1.56 bits per heavy atom. The Kier molecular flexibility index (Phi) is 3.53. The number of unbranched alkanes of at least 4 members (excludes halogenated alkanes) is 1. The average Bonchev–Trinajstić information content (AvgIpc) is 2.76. The third kappa shape index (κ3) is 1.96. The molecule has 2 heterocycles. The summed E-state index contributed by atoms with van der Waals surface area (Å²) in [5.74, 6) is 1.45. The zero-order valence-corrected chi connectivity index (χ0v) is 10.5. The Hall–Kier alpha value is -0.970. The van der Waals surface area contributed by atoms with Crippen molar-refractivity contribution in [1.29, 1.82) is 0 Å². The van der Waals surface area contributed by atoms with Crippen molar-refractivity contribution in [1.82, 2.24) is 9.55 Å². The van der Waals surface area contributed by atoms with Gasteiger partial charge in [0.25, 0.3) is 5.56 Å². The summed E-state index contributed by atoms with van der Waals surface area (Å²) in [6, 6.07) is 0. The highest BCUT2D eigenvalue weighted by molar-refractivity contribution is 7.99. The minimum atomic E-state index is 0.0836. The second kappa shape index (κ2) is 4.91. The molecule has 0 aliphatic carbocycles. The second-order valence-electron chi connectivity index (χ2n) is 3.79. The number of aromatic nitrogens is 2. The lowest BCUT2D eigenvalue weighted by atomic mass is 10.1. The summed E-state index contributed by atoms with van der Waals surface area (Å²) in [5, 5.41) is 0.794. The molecule has 0 saturated heterocycles. The number of ether oxygens (including phenoxy) is 1. The van der Waals surface area contributed by atoms with Gasteiger partial charge in [-0.15, -0.1) is 0 Å². The van der Waals surface area contributed by atoms with E-state index in [1.165, 1.54) is 0 Å². The van der Waals surface area contributed by atoms with Gasteiger partial charge in [-0.2, -0.15) is 4.98 Å². The Balaban J connectivity index is 2.45. The predicted molar refractivity (Wildman–Crippen MR) is 64.4 cm³/mol. The average molecular weight is 240 g/mol. The van der Waals surface area contributed by atoms with Crippen LogP contribution in [0.15, 0.2) is 9.95 Å². The molecule has 1 aliphatic heterocycles. The van der Waals surface area contributed by atoms with E-state index in [0.717, 1.165) is 42.3 Å². The van der Waals surface area contributed by atoms with E-state index in [1.807, 2.05) is 0 Å². The largest absolute Gasteiger partial charge is 0.481 e. The molecule has 0 spiro atoms. The fourth-order valence-corrected chi connectivity index (χ4v) is 2.76. The molecule has 0 atom stereocenters. The molecule has 0 unspecified atom stereocenters. The molecule has 0 saturated carbocycles. The minimum absolute atomic E-state index is 0.0836. The molecule has 5 heteroatoms. The van der Waals surface area contributed by atoms with Gasteiger partial charge < -0.3 is 4.74 Å². The SMILES string of the molecule is CCCCc1c(OC)nc2n(c1=O)CCS2. The van der Waals surface area contributed by atoms with Crippen LogP contribution < -0.4 is 10.3 Å². The lowest BCUT2D eigenvalue weighted by Gasteiger charge is -2.09. The highest BCUT2D eigenvalue weighted by Crippen LogP contribution is 2.25. The fraction of sp³-hybridized carbons (Fsp3) is 0.636. The smallest absolute Gasteiger partial charge is 0.261 e. The van der Waals surface area contributed by atoms with Gasteiger partial charge in [0, 0.05) is 12.3 Å². The second-order valence-corrected chi connectivity index (χ2v) is 4.85. The van der Waals surface area contributed by atoms with Gasteiger partial charge >= 0.3 is 0 Å². The molecule has 0 fully saturated rings. The summed E-state index contributed by atoms with van der Waals surface area (Å²) in [6.45, 7) is 2.88. The third-order valence-corrected chi connectivity index (χ3v) is 3.67. The zero-order chi connectivity index (χ0) is 11.5. The summed E-state index contributed by atoms with van der Waals surface area (Å²) < 4.78 is 6.97. The first-order valence-electron chi connectivity index (χ1n) is 5.58. The molecular formula is C11H16N2O2S. The van der Waals surface area contributed by atoms with Crippen LogP contribution in [0.1, 0.15) is 25.3 Å². The summed E-state index contributed by atoms with van der Waals surface area (Å²) >= 11 is 1.62. The van der Waals surface area contributed by atoms with Gasteiger partial charge in [-0.1, -0.05) is 25.1 Å². The van der Waals surface area contributed by atoms with E-state index in [2.05, 4.69) is 11.9 Å². The van der Waals surface area contributed by atoms with Crippen LogP contribution in [0.4, 0.5) is 0 Å². The highest BCUT2D eigenvalue weighted by Gasteiger charge is 2.20. The van der Waals surface area contributed by atoms with Crippen LogP contribution >= 0.6 is 11.8 Å². The van der Waals surface area contributed by atoms with Crippen LogP contribution in [0.5, 0.6) is 5.88 Å². The Labute approximate surface area is 99.0 Å². The van der Waals surface area contributed by atoms with Crippen LogP contribution in [-0.2, 0) is 13.0 Å². The Morgan fingerprint density at radius 3 is 3.06 bits per heavy atom. The number of hydrogen-bond donors (Lipinski definition) is 0. The maximum Gasteiger partial charge on any atom is 0.261 e. The van der Waals surface area contributed by atoms with Gasteiger partial charge in [-0.25, -0.2) is 0 Å². The number of thioether (sulfide) groups is 1. The maximum absolute atomic E-state index is 12.2. The molecule has 16 heavy (non-hydrogen) atoms. The summed E-state index contributed by atoms with van der Waals surface area (Å²) in [4.78, 5) is 16.6. The van der Waals surface area contributed by atoms with Crippen molar-refractivity contribution >= 4 is 11.8 Å². The number of nitrogens with zero attached hydrogens (tertiary/aromatic N) is 2. The number of methoxy groups -OCH3 is 1. The van der Waals surface area contributed by atoms with Crippen molar-refractivity contribution in [2.75, 3.05) is 12.9 Å². The van der Waals surface area contributed by atoms with E-state index in [-0.39, 0.29) is 5.56 Å². The number of fused-ring (bicyclic) bond motifs is 1. The van der Waals surface area contributed by atoms with Crippen molar-refractivity contribution in [3.8, 4) is 5.88 Å². The maximum atomic E-state index is 12.2. The Bertz CT molecular complexity index is 442. The van der Waals surface area contributed by atoms with Crippen molar-refractivity contribution < 1.29 is 4.74 Å². The summed E-state index contributed by atoms with van der Waals surface area (Å²) in [6.07, 6.45) is 2.83. The molecular weight excluding hydrogens is 224 g/mol. The van der Waals surface area contributed by atoms with Crippen LogP contribution in [-0.4, -0.2) is 22.4 Å². The number of hydrogen-bond acceptors (Lipinski definition) is 4. The topological polar surface area (TPSA) is 44.1 Å². The molecule has 1 aliphatic rings. The highest BCUT2D eigenvalue weighted by atomic mass is 32.2. The van der Waals surface area contributed by atoms with Crippen LogP contribution in [0.3, 0.4) is 0 Å². The quantitative estimate of drug-likeness (QED) is 0.751. The van der Waals surface area contributed by atoms with E-state index in [4.69, 9.17) is 4.74 Å². The van der Waals surface area contributed by atoms with Crippen LogP contribution in [0, 0.1) is 0 Å². The Morgan fingerprint density at radius 2 is 2.38 bits per heavy atom. The minimum Gasteiger partial charge on any atom is -0.481 e. The van der Waals surface area contributed by atoms with Gasteiger partial charge in [0.1, 0.15) is 0 Å². The fourth-order valence-electron chi connectivity index (χ4n) is 1.83. The van der Waals surface area contributed by atoms with Gasteiger partial charge in [0.2, 0.25) is 5.88 Å². The molecule has 88 valence electrons. The lowest BCUT2D eigenvalue weighted by Crippen LogP contribution is -2.25. The van der Waals surface area contributed by atoms with Crippen molar-refractivity contribution in [2.45, 2.75) is 37.9 Å². The molecule has 1 aromatic rings. The standard InChI is InChI=1S/C11H16N2O2S/c1-3-4-5-8-9(15-2)12-11-13(10(8)14)6-7-16-11/h3-7H2,1-2H3. The lowest BCUT2D eigenvalue weighted by molar-refractivity contribution is 0.379. The molecule has 0 aromatic carbocycles. The molecule has 2 rings (SSSR count). The molecule has 1 aromatic heterocycles. The molecule has 0 bridgehead atoms. The molecule has 4 nitrogen and oxygen atoms in total. The van der Waals surface area contributed by atoms with Crippen LogP contribution in [0.2, 0.25) is 0 Å². The monoisotopic (exact) mass is 240 g/mol. The first-order valence-corrected chi connectivity index (χ1v) is 6.57. The van der Waals surface area contributed by atoms with Crippen molar-refractivity contribution in [3.63, 3.8) is 0 Å². The molecule has 0 amide bonds. The van der Waals surface area contributed by atoms with E-state index in [9.17, 15) is 4.79 Å². The third-order valence-electron chi connectivity index (χ3n) is 2.71. The van der Waals surface area contributed by atoms with Crippen molar-refractivity contribution in [2.24, 2.45) is 0 Å². The van der Waals surface area contributed by atoms with Crippen molar-refractivity contribution in [3.05, 3.63) is 15.9 Å². The van der Waals surface area contributed by atoms with Crippen LogP contribution in [0.25, 0.3) is 0 Å². The van der Waals surface area contributed by atoms with E-state index in [0.29, 0.717) is 5.88 Å². The summed E-state index contributed by atoms with van der Waals surface area (Å²) in [7, 11) is 1.58. The molecule has 0 N–H and O–H groups in total. The van der Waals surface area contributed by atoms with Gasteiger partial charge in [0.15, 0.2) is 5.16 Å².